The van der Waals surface area contributed by atoms with Gasteiger partial charge in [0, 0.05) is 4.90 Å². The SMILES string of the molecule is CCCC1=C(C)C(=Cc2ccc(SC)cc2)c2ccc(F)cc21. The Morgan fingerprint density at radius 3 is 2.43 bits per heavy atom. The van der Waals surface area contributed by atoms with Crippen molar-refractivity contribution in [3.8, 4) is 0 Å². The van der Waals surface area contributed by atoms with Gasteiger partial charge in [0.1, 0.15) is 5.82 Å². The Kier molecular flexibility index (Phi) is 4.72. The van der Waals surface area contributed by atoms with Crippen LogP contribution < -0.4 is 0 Å². The summed E-state index contributed by atoms with van der Waals surface area (Å²) in [5.74, 6) is -0.157. The largest absolute Gasteiger partial charge is 0.207 e. The van der Waals surface area contributed by atoms with E-state index >= 15 is 0 Å². The van der Waals surface area contributed by atoms with E-state index in [0.717, 1.165) is 24.0 Å². The van der Waals surface area contributed by atoms with E-state index in [1.807, 2.05) is 6.07 Å². The third kappa shape index (κ3) is 3.13. The third-order valence-electron chi connectivity index (χ3n) is 4.38. The average Bonchev–Trinajstić information content (AvgIpc) is 2.81. The molecule has 2 aromatic carbocycles. The van der Waals surface area contributed by atoms with E-state index in [4.69, 9.17) is 0 Å². The second-order valence-corrected chi connectivity index (χ2v) is 6.75. The molecule has 0 aromatic heterocycles. The molecule has 2 heteroatoms. The van der Waals surface area contributed by atoms with Gasteiger partial charge in [-0.15, -0.1) is 11.8 Å². The first-order chi connectivity index (χ1) is 11.1. The summed E-state index contributed by atoms with van der Waals surface area (Å²) in [5.41, 5.74) is 7.19. The molecular formula is C21H21FS. The summed E-state index contributed by atoms with van der Waals surface area (Å²) in [6, 6.07) is 13.7. The van der Waals surface area contributed by atoms with Crippen molar-refractivity contribution < 1.29 is 4.39 Å². The standard InChI is InChI=1S/C21H21FS/c1-4-5-18-14(2)20(19-11-8-16(22)13-21(18)19)12-15-6-9-17(23-3)10-7-15/h6-13H,4-5H2,1-3H3. The van der Waals surface area contributed by atoms with Crippen LogP contribution >= 0.6 is 11.8 Å². The molecule has 0 aliphatic heterocycles. The highest BCUT2D eigenvalue weighted by Gasteiger charge is 2.23. The fraction of sp³-hybridized carbons (Fsp3) is 0.238. The zero-order valence-electron chi connectivity index (χ0n) is 13.8. The number of halogens is 1. The van der Waals surface area contributed by atoms with Gasteiger partial charge < -0.3 is 0 Å². The van der Waals surface area contributed by atoms with E-state index in [1.54, 1.807) is 23.9 Å². The first-order valence-electron chi connectivity index (χ1n) is 8.00. The molecule has 0 saturated heterocycles. The number of hydrogen-bond donors (Lipinski definition) is 0. The van der Waals surface area contributed by atoms with Crippen LogP contribution in [0.25, 0.3) is 17.2 Å². The Bertz CT molecular complexity index is 782. The Labute approximate surface area is 142 Å². The average molecular weight is 324 g/mol. The molecule has 0 nitrogen and oxygen atoms in total. The van der Waals surface area contributed by atoms with Crippen molar-refractivity contribution in [2.24, 2.45) is 0 Å². The van der Waals surface area contributed by atoms with Crippen LogP contribution in [0.2, 0.25) is 0 Å². The molecule has 0 heterocycles. The van der Waals surface area contributed by atoms with Gasteiger partial charge >= 0.3 is 0 Å². The summed E-state index contributed by atoms with van der Waals surface area (Å²) in [5, 5.41) is 0. The lowest BCUT2D eigenvalue weighted by Crippen LogP contribution is -1.87. The lowest BCUT2D eigenvalue weighted by molar-refractivity contribution is 0.627. The second-order valence-electron chi connectivity index (χ2n) is 5.87. The van der Waals surface area contributed by atoms with Gasteiger partial charge in [0.25, 0.3) is 0 Å². The Morgan fingerprint density at radius 2 is 1.78 bits per heavy atom. The van der Waals surface area contributed by atoms with Gasteiger partial charge in [-0.1, -0.05) is 31.5 Å². The van der Waals surface area contributed by atoms with Crippen molar-refractivity contribution in [2.45, 2.75) is 31.6 Å². The van der Waals surface area contributed by atoms with Gasteiger partial charge in [-0.2, -0.15) is 0 Å². The molecule has 0 N–H and O–H groups in total. The van der Waals surface area contributed by atoms with Gasteiger partial charge in [0.05, 0.1) is 0 Å². The highest BCUT2D eigenvalue weighted by Crippen LogP contribution is 2.44. The van der Waals surface area contributed by atoms with E-state index in [9.17, 15) is 4.39 Å². The summed E-state index contributed by atoms with van der Waals surface area (Å²) in [6.07, 6.45) is 6.36. The van der Waals surface area contributed by atoms with Crippen LogP contribution in [0.4, 0.5) is 4.39 Å². The highest BCUT2D eigenvalue weighted by molar-refractivity contribution is 7.98. The molecule has 118 valence electrons. The molecule has 0 radical (unpaired) electrons. The topological polar surface area (TPSA) is 0 Å². The Balaban J connectivity index is 2.09. The minimum atomic E-state index is -0.157. The molecule has 1 aliphatic rings. The number of benzene rings is 2. The maximum Gasteiger partial charge on any atom is 0.123 e. The van der Waals surface area contributed by atoms with Crippen molar-refractivity contribution in [2.75, 3.05) is 6.26 Å². The molecular weight excluding hydrogens is 303 g/mol. The summed E-state index contributed by atoms with van der Waals surface area (Å²) in [7, 11) is 0. The van der Waals surface area contributed by atoms with Crippen LogP contribution in [-0.4, -0.2) is 6.26 Å². The highest BCUT2D eigenvalue weighted by atomic mass is 32.2. The monoisotopic (exact) mass is 324 g/mol. The molecule has 0 saturated carbocycles. The summed E-state index contributed by atoms with van der Waals surface area (Å²) < 4.78 is 13.7. The third-order valence-corrected chi connectivity index (χ3v) is 5.12. The molecule has 0 fully saturated rings. The summed E-state index contributed by atoms with van der Waals surface area (Å²) in [6.45, 7) is 4.33. The molecule has 23 heavy (non-hydrogen) atoms. The number of allylic oxidation sites excluding steroid dienone is 3. The lowest BCUT2D eigenvalue weighted by atomic mass is 10.0. The van der Waals surface area contributed by atoms with Gasteiger partial charge in [0.15, 0.2) is 0 Å². The number of rotatable bonds is 4. The molecule has 0 bridgehead atoms. The number of hydrogen-bond acceptors (Lipinski definition) is 1. The van der Waals surface area contributed by atoms with Crippen molar-refractivity contribution in [1.82, 2.24) is 0 Å². The second kappa shape index (κ2) is 6.76. The van der Waals surface area contributed by atoms with Crippen molar-refractivity contribution in [1.29, 1.82) is 0 Å². The van der Waals surface area contributed by atoms with Crippen LogP contribution in [-0.2, 0) is 0 Å². The molecule has 3 rings (SSSR count). The van der Waals surface area contributed by atoms with Gasteiger partial charge in [-0.25, -0.2) is 4.39 Å². The summed E-state index contributed by atoms with van der Waals surface area (Å²) in [4.78, 5) is 1.26. The fourth-order valence-corrected chi connectivity index (χ4v) is 3.60. The predicted molar refractivity (Wildman–Crippen MR) is 100.0 cm³/mol. The van der Waals surface area contributed by atoms with Gasteiger partial charge in [0.2, 0.25) is 0 Å². The van der Waals surface area contributed by atoms with Crippen LogP contribution in [0.15, 0.2) is 52.9 Å². The molecule has 0 atom stereocenters. The fourth-order valence-electron chi connectivity index (χ4n) is 3.19. The Morgan fingerprint density at radius 1 is 1.04 bits per heavy atom. The zero-order chi connectivity index (χ0) is 16.4. The lowest BCUT2D eigenvalue weighted by Gasteiger charge is -2.05. The smallest absolute Gasteiger partial charge is 0.123 e. The number of thioether (sulfide) groups is 1. The Hall–Kier alpha value is -1.80. The van der Waals surface area contributed by atoms with Crippen molar-refractivity contribution >= 4 is 29.0 Å². The minimum Gasteiger partial charge on any atom is -0.207 e. The minimum absolute atomic E-state index is 0.157. The first kappa shape index (κ1) is 16.1. The van der Waals surface area contributed by atoms with Crippen LogP contribution in [0.3, 0.4) is 0 Å². The van der Waals surface area contributed by atoms with E-state index < -0.39 is 0 Å². The summed E-state index contributed by atoms with van der Waals surface area (Å²) >= 11 is 1.75. The van der Waals surface area contributed by atoms with Crippen LogP contribution in [0, 0.1) is 5.82 Å². The predicted octanol–water partition coefficient (Wildman–Crippen LogP) is 6.68. The maximum atomic E-state index is 13.7. The molecule has 0 unspecified atom stereocenters. The molecule has 2 aromatic rings. The number of fused-ring (bicyclic) bond motifs is 1. The molecule has 0 spiro atoms. The maximum absolute atomic E-state index is 13.7. The molecule has 1 aliphatic carbocycles. The van der Waals surface area contributed by atoms with Crippen molar-refractivity contribution in [3.05, 3.63) is 70.5 Å². The van der Waals surface area contributed by atoms with E-state index in [2.05, 4.69) is 50.4 Å². The zero-order valence-corrected chi connectivity index (χ0v) is 14.6. The van der Waals surface area contributed by atoms with Crippen LogP contribution in [0.1, 0.15) is 43.4 Å². The first-order valence-corrected chi connectivity index (χ1v) is 9.22. The van der Waals surface area contributed by atoms with Crippen molar-refractivity contribution in [3.63, 3.8) is 0 Å². The molecule has 0 amide bonds. The van der Waals surface area contributed by atoms with Crippen LogP contribution in [0.5, 0.6) is 0 Å². The quantitative estimate of drug-likeness (QED) is 0.566. The van der Waals surface area contributed by atoms with E-state index in [1.165, 1.54) is 27.2 Å². The van der Waals surface area contributed by atoms with Gasteiger partial charge in [-0.3, -0.25) is 0 Å². The van der Waals surface area contributed by atoms with E-state index in [-0.39, 0.29) is 5.82 Å². The normalized spacial score (nSPS) is 15.4. The van der Waals surface area contributed by atoms with Gasteiger partial charge in [-0.05, 0) is 83.4 Å². The van der Waals surface area contributed by atoms with E-state index in [0.29, 0.717) is 0 Å².